The smallest absolute Gasteiger partial charge is 0.165 e. The van der Waals surface area contributed by atoms with Gasteiger partial charge in [0.15, 0.2) is 5.82 Å². The summed E-state index contributed by atoms with van der Waals surface area (Å²) < 4.78 is 13.3. The number of nitrogens with zero attached hydrogens (tertiary/aromatic N) is 2. The summed E-state index contributed by atoms with van der Waals surface area (Å²) in [4.78, 5) is 0. The summed E-state index contributed by atoms with van der Waals surface area (Å²) in [5, 5.41) is 0. The van der Waals surface area contributed by atoms with Crippen LogP contribution in [0.1, 0.15) is 5.56 Å². The van der Waals surface area contributed by atoms with Crippen LogP contribution in [0.2, 0.25) is 0 Å². The Balaban J connectivity index is 2.47. The van der Waals surface area contributed by atoms with Crippen LogP contribution in [0.5, 0.6) is 5.75 Å². The fraction of sp³-hybridized carbons (Fsp3) is 0.200. The Morgan fingerprint density at radius 2 is 2.13 bits per heavy atom. The van der Waals surface area contributed by atoms with Crippen LogP contribution in [0, 0.1) is 6.92 Å². The van der Waals surface area contributed by atoms with E-state index in [4.69, 9.17) is 10.5 Å². The number of methoxy groups -OCH3 is 1. The lowest BCUT2D eigenvalue weighted by atomic mass is 10.1. The van der Waals surface area contributed by atoms with Gasteiger partial charge in [-0.3, -0.25) is 0 Å². The Morgan fingerprint density at radius 3 is 2.67 bits per heavy atom. The molecule has 0 aliphatic rings. The molecule has 0 saturated carbocycles. The van der Waals surface area contributed by atoms with Gasteiger partial charge in [0, 0.05) is 5.56 Å². The summed E-state index contributed by atoms with van der Waals surface area (Å²) in [6.07, 6.45) is 0. The van der Waals surface area contributed by atoms with Crippen molar-refractivity contribution in [1.82, 2.24) is 8.75 Å². The Labute approximate surface area is 92.0 Å². The topological polar surface area (TPSA) is 61.0 Å². The number of nitrogen functional groups attached to an aromatic ring is 1. The first-order valence-corrected chi connectivity index (χ1v) is 5.18. The number of aryl methyl sites for hydroxylation is 1. The van der Waals surface area contributed by atoms with Crippen molar-refractivity contribution >= 4 is 17.5 Å². The first-order chi connectivity index (χ1) is 7.22. The number of aromatic nitrogens is 2. The van der Waals surface area contributed by atoms with E-state index in [2.05, 4.69) is 8.75 Å². The molecule has 2 aromatic rings. The van der Waals surface area contributed by atoms with Crippen molar-refractivity contribution in [1.29, 1.82) is 0 Å². The van der Waals surface area contributed by atoms with Gasteiger partial charge in [0.1, 0.15) is 11.4 Å². The van der Waals surface area contributed by atoms with Crippen LogP contribution < -0.4 is 10.5 Å². The molecule has 15 heavy (non-hydrogen) atoms. The Morgan fingerprint density at radius 1 is 1.33 bits per heavy atom. The summed E-state index contributed by atoms with van der Waals surface area (Å²) in [5.74, 6) is 1.34. The maximum absolute atomic E-state index is 5.70. The van der Waals surface area contributed by atoms with Crippen LogP contribution in [-0.4, -0.2) is 15.9 Å². The van der Waals surface area contributed by atoms with E-state index in [-0.39, 0.29) is 0 Å². The highest BCUT2D eigenvalue weighted by molar-refractivity contribution is 6.99. The highest BCUT2D eigenvalue weighted by Crippen LogP contribution is 2.28. The molecule has 0 fully saturated rings. The van der Waals surface area contributed by atoms with Gasteiger partial charge in [-0.1, -0.05) is 0 Å². The van der Waals surface area contributed by atoms with E-state index in [1.54, 1.807) is 7.11 Å². The molecule has 0 radical (unpaired) electrons. The van der Waals surface area contributed by atoms with Crippen LogP contribution in [0.4, 0.5) is 5.82 Å². The van der Waals surface area contributed by atoms with E-state index in [9.17, 15) is 0 Å². The lowest BCUT2D eigenvalue weighted by Gasteiger charge is -2.05. The molecule has 0 saturated heterocycles. The first kappa shape index (κ1) is 9.92. The van der Waals surface area contributed by atoms with Crippen molar-refractivity contribution in [2.45, 2.75) is 6.92 Å². The van der Waals surface area contributed by atoms with Crippen molar-refractivity contribution in [2.24, 2.45) is 0 Å². The van der Waals surface area contributed by atoms with Crippen LogP contribution in [-0.2, 0) is 0 Å². The number of nitrogens with two attached hydrogens (primary N) is 1. The van der Waals surface area contributed by atoms with Crippen LogP contribution in [0.15, 0.2) is 18.2 Å². The third kappa shape index (κ3) is 1.78. The predicted molar refractivity (Wildman–Crippen MR) is 61.0 cm³/mol. The number of hydrogen-bond acceptors (Lipinski definition) is 5. The molecular formula is C10H11N3OS. The maximum Gasteiger partial charge on any atom is 0.165 e. The molecule has 2 rings (SSSR count). The number of hydrogen-bond donors (Lipinski definition) is 1. The van der Waals surface area contributed by atoms with Gasteiger partial charge < -0.3 is 10.5 Å². The molecule has 0 atom stereocenters. The van der Waals surface area contributed by atoms with Crippen molar-refractivity contribution in [2.75, 3.05) is 12.8 Å². The average Bonchev–Trinajstić information content (AvgIpc) is 2.64. The highest BCUT2D eigenvalue weighted by atomic mass is 32.1. The second-order valence-electron chi connectivity index (χ2n) is 3.18. The van der Waals surface area contributed by atoms with Crippen molar-refractivity contribution in [3.8, 4) is 17.0 Å². The Bertz CT molecular complexity index is 481. The third-order valence-electron chi connectivity index (χ3n) is 2.18. The van der Waals surface area contributed by atoms with Crippen LogP contribution in [0.3, 0.4) is 0 Å². The van der Waals surface area contributed by atoms with Crippen LogP contribution in [0.25, 0.3) is 11.3 Å². The largest absolute Gasteiger partial charge is 0.496 e. The fourth-order valence-electron chi connectivity index (χ4n) is 1.42. The second-order valence-corrected chi connectivity index (χ2v) is 3.71. The van der Waals surface area contributed by atoms with Gasteiger partial charge in [-0.2, -0.15) is 8.75 Å². The molecule has 1 heterocycles. The van der Waals surface area contributed by atoms with E-state index >= 15 is 0 Å². The molecule has 0 spiro atoms. The van der Waals surface area contributed by atoms with Crippen molar-refractivity contribution in [3.63, 3.8) is 0 Å². The summed E-state index contributed by atoms with van der Waals surface area (Å²) >= 11 is 1.12. The molecular weight excluding hydrogens is 210 g/mol. The molecule has 2 N–H and O–H groups in total. The number of anilines is 1. The maximum atomic E-state index is 5.70. The van der Waals surface area contributed by atoms with Crippen LogP contribution >= 0.6 is 11.7 Å². The summed E-state index contributed by atoms with van der Waals surface area (Å²) in [7, 11) is 1.65. The average molecular weight is 221 g/mol. The van der Waals surface area contributed by atoms with E-state index < -0.39 is 0 Å². The highest BCUT2D eigenvalue weighted by Gasteiger charge is 2.08. The zero-order valence-electron chi connectivity index (χ0n) is 8.52. The number of ether oxygens (including phenoxy) is 1. The fourth-order valence-corrected chi connectivity index (χ4v) is 1.92. The van der Waals surface area contributed by atoms with Gasteiger partial charge >= 0.3 is 0 Å². The van der Waals surface area contributed by atoms with Gasteiger partial charge in [0.05, 0.1) is 18.8 Å². The molecule has 1 aromatic carbocycles. The lowest BCUT2D eigenvalue weighted by Crippen LogP contribution is -1.91. The van der Waals surface area contributed by atoms with E-state index in [1.165, 1.54) is 0 Å². The predicted octanol–water partition coefficient (Wildman–Crippen LogP) is 2.10. The van der Waals surface area contributed by atoms with Crippen molar-refractivity contribution < 1.29 is 4.74 Å². The minimum absolute atomic E-state index is 0.476. The lowest BCUT2D eigenvalue weighted by molar-refractivity contribution is 0.412. The SMILES string of the molecule is COc1ccc(-c2nsnc2N)cc1C. The summed E-state index contributed by atoms with van der Waals surface area (Å²) in [5.41, 5.74) is 8.47. The molecule has 0 aliphatic carbocycles. The zero-order valence-corrected chi connectivity index (χ0v) is 9.34. The minimum Gasteiger partial charge on any atom is -0.496 e. The molecule has 0 bridgehead atoms. The van der Waals surface area contributed by atoms with Gasteiger partial charge in [0.2, 0.25) is 0 Å². The number of rotatable bonds is 2. The van der Waals surface area contributed by atoms with Gasteiger partial charge in [0.25, 0.3) is 0 Å². The third-order valence-corrected chi connectivity index (χ3v) is 2.72. The Kier molecular flexibility index (Phi) is 2.55. The monoisotopic (exact) mass is 221 g/mol. The first-order valence-electron chi connectivity index (χ1n) is 4.45. The standard InChI is InChI=1S/C10H11N3OS/c1-6-5-7(3-4-8(6)14-2)9-10(11)13-15-12-9/h3-5H,1-2H3,(H2,11,13). The molecule has 0 amide bonds. The Hall–Kier alpha value is -1.62. The quantitative estimate of drug-likeness (QED) is 0.843. The molecule has 4 nitrogen and oxygen atoms in total. The van der Waals surface area contributed by atoms with E-state index in [0.29, 0.717) is 5.82 Å². The zero-order chi connectivity index (χ0) is 10.8. The van der Waals surface area contributed by atoms with E-state index in [1.807, 2.05) is 25.1 Å². The van der Waals surface area contributed by atoms with E-state index in [0.717, 1.165) is 34.3 Å². The second kappa shape index (κ2) is 3.86. The van der Waals surface area contributed by atoms with Gasteiger partial charge in [-0.25, -0.2) is 0 Å². The normalized spacial score (nSPS) is 10.3. The minimum atomic E-state index is 0.476. The molecule has 0 unspecified atom stereocenters. The number of benzene rings is 1. The molecule has 0 aliphatic heterocycles. The summed E-state index contributed by atoms with van der Waals surface area (Å²) in [6, 6.07) is 5.83. The molecule has 5 heteroatoms. The van der Waals surface area contributed by atoms with Gasteiger partial charge in [-0.15, -0.1) is 0 Å². The van der Waals surface area contributed by atoms with Gasteiger partial charge in [-0.05, 0) is 30.7 Å². The molecule has 78 valence electrons. The molecule has 1 aromatic heterocycles. The van der Waals surface area contributed by atoms with Crippen molar-refractivity contribution in [3.05, 3.63) is 23.8 Å². The summed E-state index contributed by atoms with van der Waals surface area (Å²) in [6.45, 7) is 1.98.